The lowest BCUT2D eigenvalue weighted by Crippen LogP contribution is -2.69. The summed E-state index contributed by atoms with van der Waals surface area (Å²) in [6, 6.07) is 0. The van der Waals surface area contributed by atoms with E-state index in [1.54, 1.807) is 0 Å². The van der Waals surface area contributed by atoms with Gasteiger partial charge in [0.2, 0.25) is 0 Å². The Morgan fingerprint density at radius 3 is 1.75 bits per heavy atom. The second-order valence-corrected chi connectivity index (χ2v) is 26.6. The van der Waals surface area contributed by atoms with E-state index in [2.05, 4.69) is 27.7 Å². The molecule has 482 valence electrons. The summed E-state index contributed by atoms with van der Waals surface area (Å²) in [7, 11) is 0. The molecule has 11 aliphatic rings. The molecular formula is C56H90O28. The number of carbonyl (C=O) groups excluding carboxylic acids is 1. The van der Waals surface area contributed by atoms with Crippen LogP contribution in [-0.2, 0) is 61.6 Å². The Labute approximate surface area is 485 Å². The van der Waals surface area contributed by atoms with Crippen LogP contribution in [0.4, 0.5) is 0 Å². The normalized spacial score (nSPS) is 56.8. The highest BCUT2D eigenvalue weighted by Crippen LogP contribution is 2.70. The van der Waals surface area contributed by atoms with Crippen LogP contribution in [0.25, 0.3) is 0 Å². The molecule has 0 aromatic carbocycles. The van der Waals surface area contributed by atoms with Gasteiger partial charge in [0.25, 0.3) is 0 Å². The summed E-state index contributed by atoms with van der Waals surface area (Å²) in [5.74, 6) is 1.14. The highest BCUT2D eigenvalue weighted by molar-refractivity contribution is 5.87. The van der Waals surface area contributed by atoms with E-state index in [1.165, 1.54) is 0 Å². The van der Waals surface area contributed by atoms with Gasteiger partial charge in [-0.05, 0) is 80.0 Å². The van der Waals surface area contributed by atoms with Crippen molar-refractivity contribution >= 4 is 5.78 Å². The quantitative estimate of drug-likeness (QED) is 0.0723. The van der Waals surface area contributed by atoms with Crippen LogP contribution in [0.3, 0.4) is 0 Å². The molecule has 0 aromatic heterocycles. The predicted octanol–water partition coefficient (Wildman–Crippen LogP) is -5.27. The second-order valence-electron chi connectivity index (χ2n) is 26.6. The minimum Gasteiger partial charge on any atom is -0.394 e. The lowest BCUT2D eigenvalue weighted by atomic mass is 9.44. The van der Waals surface area contributed by atoms with Gasteiger partial charge in [0.05, 0.1) is 51.8 Å². The summed E-state index contributed by atoms with van der Waals surface area (Å²) < 4.78 is 73.1. The van der Waals surface area contributed by atoms with E-state index in [-0.39, 0.29) is 41.1 Å². The first-order valence-corrected chi connectivity index (χ1v) is 30.2. The summed E-state index contributed by atoms with van der Waals surface area (Å²) in [4.78, 5) is 14.8. The van der Waals surface area contributed by atoms with Gasteiger partial charge in [0, 0.05) is 30.1 Å². The molecule has 11 rings (SSSR count). The average Bonchev–Trinajstić information content (AvgIpc) is 3.41. The van der Waals surface area contributed by atoms with Crippen LogP contribution in [0.1, 0.15) is 85.5 Å². The topological polar surface area (TPSA) is 431 Å². The molecule has 28 nitrogen and oxygen atoms in total. The summed E-state index contributed by atoms with van der Waals surface area (Å²) in [5.41, 5.74) is -0.699. The number of ketones is 1. The van der Waals surface area contributed by atoms with Crippen molar-refractivity contribution in [3.8, 4) is 0 Å². The van der Waals surface area contributed by atoms with E-state index in [4.69, 9.17) is 56.8 Å². The fourth-order valence-corrected chi connectivity index (χ4v) is 17.0. The van der Waals surface area contributed by atoms with E-state index in [9.17, 15) is 81.4 Å². The smallest absolute Gasteiger partial charge is 0.187 e. The standard InChI is InChI=1S/C56H90O28/c1-20-7-10-56(74-18-20)21(2)34-28(84-56)12-26-24-6-5-22-11-23(8-9-54(22,3)25(24)13-33(62)55(26,34)4)75-50-43(71)40(68)45(32(17-60)79-50)80-53-48(47(38(66)31(16-59)78-53)82-49-41(69)35(63)27(61)19-73-49)83-52-44(72)46(37(65)30(15-58)77-52)81-51-42(70)39(67)36(64)29(14-57)76-51/h20-32,34-53,57-61,63-72H,5-19H2,1-4H3/t20-,21+,22-,23+,24-,25+,26+,27-,28+,29-,30-,31-,32-,34+,35+,36-,37-,38-,39+,40-,41-,42-,43-,44-,45+,46+,47+,48-,49+,50-,51+,52+,53+,54+,55-,56-/m1/s1. The van der Waals surface area contributed by atoms with Crippen LogP contribution < -0.4 is 0 Å². The van der Waals surface area contributed by atoms with E-state index in [1.807, 2.05) is 0 Å². The van der Waals surface area contributed by atoms with E-state index in [0.717, 1.165) is 38.5 Å². The molecule has 4 saturated carbocycles. The van der Waals surface area contributed by atoms with Gasteiger partial charge in [-0.15, -0.1) is 0 Å². The van der Waals surface area contributed by atoms with Crippen molar-refractivity contribution in [2.75, 3.05) is 39.6 Å². The van der Waals surface area contributed by atoms with Crippen LogP contribution in [0, 0.1) is 52.3 Å². The molecule has 15 N–H and O–H groups in total. The maximum atomic E-state index is 14.8. The molecule has 36 atom stereocenters. The van der Waals surface area contributed by atoms with Crippen molar-refractivity contribution in [3.63, 3.8) is 0 Å². The number of hydrogen-bond acceptors (Lipinski definition) is 28. The lowest BCUT2D eigenvalue weighted by Gasteiger charge is -2.60. The van der Waals surface area contributed by atoms with E-state index < -0.39 is 198 Å². The van der Waals surface area contributed by atoms with Gasteiger partial charge in [0.1, 0.15) is 122 Å². The fraction of sp³-hybridized carbons (Fsp3) is 0.982. The third kappa shape index (κ3) is 11.0. The molecular weight excluding hydrogens is 1120 g/mol. The summed E-state index contributed by atoms with van der Waals surface area (Å²) >= 11 is 0. The van der Waals surface area contributed by atoms with E-state index >= 15 is 0 Å². The van der Waals surface area contributed by atoms with Gasteiger partial charge in [-0.2, -0.15) is 0 Å². The summed E-state index contributed by atoms with van der Waals surface area (Å²) in [6.07, 6.45) is -38.3. The van der Waals surface area contributed by atoms with Gasteiger partial charge in [-0.25, -0.2) is 0 Å². The molecule has 11 fully saturated rings. The van der Waals surface area contributed by atoms with Crippen LogP contribution in [0.2, 0.25) is 0 Å². The average molecular weight is 1210 g/mol. The molecule has 7 saturated heterocycles. The Kier molecular flexibility index (Phi) is 19.1. The molecule has 84 heavy (non-hydrogen) atoms. The molecule has 7 aliphatic heterocycles. The Morgan fingerprint density at radius 2 is 1.08 bits per heavy atom. The highest BCUT2D eigenvalue weighted by Gasteiger charge is 2.72. The number of hydrogen-bond donors (Lipinski definition) is 15. The molecule has 1 spiro atoms. The zero-order valence-electron chi connectivity index (χ0n) is 47.7. The molecule has 7 heterocycles. The van der Waals surface area contributed by atoms with Crippen LogP contribution in [0.15, 0.2) is 0 Å². The molecule has 4 aliphatic carbocycles. The Balaban J connectivity index is 0.789. The van der Waals surface area contributed by atoms with Crippen molar-refractivity contribution in [2.24, 2.45) is 52.3 Å². The largest absolute Gasteiger partial charge is 0.394 e. The SMILES string of the molecule is C[C@@H]1CC[C@@]2(OC1)O[C@H]1C[C@H]3[C@@H]4CC[C@@H]5C[C@@H](O[C@@H]6O[C@H](CO)[C@H](O[C@@H]7O[C@H](CO)[C@@H](O)[C@H](O[C@@H]8OC[C@@H](O)[C@H](O)[C@H]8O)[C@H]7O[C@@H]7O[C@H](CO)[C@@H](O)[C@H](O[C@@H]8O[C@H](CO)[C@@H](O)[C@H](O)[C@H]8O)[C@H]7O)[C@H](O)[C@H]6O)CC[C@]5(C)[C@H]4CC(=O)[C@]3(C)[C@H]1[C@@H]2C. The number of fused-ring (bicyclic) bond motifs is 7. The van der Waals surface area contributed by atoms with Gasteiger partial charge in [0.15, 0.2) is 37.2 Å². The molecule has 0 bridgehead atoms. The first kappa shape index (κ1) is 64.1. The Bertz CT molecular complexity index is 2230. The van der Waals surface area contributed by atoms with Crippen LogP contribution in [0.5, 0.6) is 0 Å². The zero-order valence-corrected chi connectivity index (χ0v) is 47.7. The summed E-state index contributed by atoms with van der Waals surface area (Å²) in [6.45, 7) is 5.29. The molecule has 28 heteroatoms. The minimum absolute atomic E-state index is 0.0378. The maximum absolute atomic E-state index is 14.8. The maximum Gasteiger partial charge on any atom is 0.187 e. The van der Waals surface area contributed by atoms with Gasteiger partial charge in [-0.1, -0.05) is 27.7 Å². The number of aliphatic hydroxyl groups is 15. The van der Waals surface area contributed by atoms with Gasteiger partial charge in [-0.3, -0.25) is 4.79 Å². The molecule has 0 amide bonds. The van der Waals surface area contributed by atoms with Crippen molar-refractivity contribution in [1.29, 1.82) is 0 Å². The predicted molar refractivity (Wildman–Crippen MR) is 275 cm³/mol. The fourth-order valence-electron chi connectivity index (χ4n) is 17.0. The van der Waals surface area contributed by atoms with E-state index in [0.29, 0.717) is 43.5 Å². The van der Waals surface area contributed by atoms with Crippen molar-refractivity contribution < 1.29 is 138 Å². The lowest BCUT2D eigenvalue weighted by molar-refractivity contribution is -0.409. The van der Waals surface area contributed by atoms with Gasteiger partial charge < -0.3 is 133 Å². The first-order chi connectivity index (χ1) is 39.9. The Morgan fingerprint density at radius 1 is 0.512 bits per heavy atom. The third-order valence-electron chi connectivity index (χ3n) is 22.0. The second kappa shape index (κ2) is 25.0. The highest BCUT2D eigenvalue weighted by atomic mass is 16.8. The zero-order chi connectivity index (χ0) is 60.2. The number of carbonyl (C=O) groups is 1. The van der Waals surface area contributed by atoms with Gasteiger partial charge >= 0.3 is 0 Å². The Hall–Kier alpha value is -1.41. The van der Waals surface area contributed by atoms with Crippen LogP contribution in [-0.4, -0.2) is 287 Å². The molecule has 0 aromatic rings. The van der Waals surface area contributed by atoms with Crippen molar-refractivity contribution in [1.82, 2.24) is 0 Å². The molecule has 0 radical (unpaired) electrons. The first-order valence-electron chi connectivity index (χ1n) is 30.2. The monoisotopic (exact) mass is 1210 g/mol. The minimum atomic E-state index is -2.19. The van der Waals surface area contributed by atoms with Crippen LogP contribution >= 0.6 is 0 Å². The number of Topliss-reactive ketones (excluding diaryl/α,β-unsaturated/α-hetero) is 1. The third-order valence-corrected chi connectivity index (χ3v) is 22.0. The molecule has 0 unspecified atom stereocenters. The summed E-state index contributed by atoms with van der Waals surface area (Å²) in [5, 5.41) is 164. The number of rotatable bonds is 14. The number of ether oxygens (including phenoxy) is 12. The van der Waals surface area contributed by atoms with Crippen molar-refractivity contribution in [3.05, 3.63) is 0 Å². The van der Waals surface area contributed by atoms with Crippen molar-refractivity contribution in [2.45, 2.75) is 251 Å². The number of aliphatic hydroxyl groups excluding tert-OH is 15.